The van der Waals surface area contributed by atoms with Crippen molar-refractivity contribution in [2.75, 3.05) is 0 Å². The molecule has 1 aromatic rings. The molecule has 1 N–H and O–H groups in total. The number of aromatic nitrogens is 2. The molecular formula is C11H17Cl2N3. The average molecular weight is 262 g/mol. The summed E-state index contributed by atoms with van der Waals surface area (Å²) >= 11 is 11.9. The predicted molar refractivity (Wildman–Crippen MR) is 66.9 cm³/mol. The van der Waals surface area contributed by atoms with Crippen molar-refractivity contribution >= 4 is 23.2 Å². The maximum absolute atomic E-state index is 6.01. The Kier molecular flexibility index (Phi) is 4.11. The lowest BCUT2D eigenvalue weighted by atomic mass is 9.95. The molecule has 0 saturated heterocycles. The van der Waals surface area contributed by atoms with E-state index in [4.69, 9.17) is 23.2 Å². The summed E-state index contributed by atoms with van der Waals surface area (Å²) in [6.45, 7) is 0.750. The van der Waals surface area contributed by atoms with Crippen molar-refractivity contribution in [2.24, 2.45) is 7.05 Å². The van der Waals surface area contributed by atoms with Crippen LogP contribution in [0.15, 0.2) is 0 Å². The van der Waals surface area contributed by atoms with Crippen LogP contribution in [0.5, 0.6) is 0 Å². The highest BCUT2D eigenvalue weighted by atomic mass is 35.5. The first-order valence-electron chi connectivity index (χ1n) is 5.78. The Bertz CT molecular complexity index is 356. The number of imidazole rings is 1. The van der Waals surface area contributed by atoms with Crippen LogP contribution in [0, 0.1) is 0 Å². The fraction of sp³-hybridized carbons (Fsp3) is 0.727. The lowest BCUT2D eigenvalue weighted by molar-refractivity contribution is 0.369. The molecule has 0 spiro atoms. The highest BCUT2D eigenvalue weighted by molar-refractivity contribution is 6.32. The van der Waals surface area contributed by atoms with Gasteiger partial charge in [-0.3, -0.25) is 0 Å². The third-order valence-corrected chi connectivity index (χ3v) is 3.91. The third kappa shape index (κ3) is 2.70. The molecule has 0 atom stereocenters. The number of hydrogen-bond acceptors (Lipinski definition) is 2. The van der Waals surface area contributed by atoms with Crippen LogP contribution in [-0.2, 0) is 13.6 Å². The minimum Gasteiger partial charge on any atom is -0.319 e. The van der Waals surface area contributed by atoms with Gasteiger partial charge in [0.2, 0.25) is 5.28 Å². The molecule has 16 heavy (non-hydrogen) atoms. The van der Waals surface area contributed by atoms with E-state index in [0.717, 1.165) is 12.2 Å². The first-order chi connectivity index (χ1) is 7.68. The Morgan fingerprint density at radius 2 is 2.00 bits per heavy atom. The van der Waals surface area contributed by atoms with E-state index < -0.39 is 0 Å². The molecule has 1 aliphatic rings. The quantitative estimate of drug-likeness (QED) is 0.906. The van der Waals surface area contributed by atoms with Gasteiger partial charge in [0.05, 0.1) is 5.69 Å². The van der Waals surface area contributed by atoms with Gasteiger partial charge in [-0.15, -0.1) is 0 Å². The molecule has 3 nitrogen and oxygen atoms in total. The molecule has 2 rings (SSSR count). The molecule has 0 aromatic carbocycles. The molecular weight excluding hydrogens is 245 g/mol. The number of nitrogens with one attached hydrogen (secondary N) is 1. The highest BCUT2D eigenvalue weighted by Gasteiger charge is 2.15. The molecule has 1 saturated carbocycles. The van der Waals surface area contributed by atoms with Crippen LogP contribution in [0.3, 0.4) is 0 Å². The van der Waals surface area contributed by atoms with E-state index in [-0.39, 0.29) is 0 Å². The van der Waals surface area contributed by atoms with Crippen molar-refractivity contribution in [3.05, 3.63) is 16.1 Å². The molecule has 90 valence electrons. The lowest BCUT2D eigenvalue weighted by Gasteiger charge is -2.22. The zero-order chi connectivity index (χ0) is 11.5. The van der Waals surface area contributed by atoms with Crippen LogP contribution < -0.4 is 5.32 Å². The van der Waals surface area contributed by atoms with Gasteiger partial charge < -0.3 is 9.88 Å². The lowest BCUT2D eigenvalue weighted by Crippen LogP contribution is -2.31. The standard InChI is InChI=1S/C11H17Cl2N3/c1-16-9(10(12)15-11(16)13)7-14-8-5-3-2-4-6-8/h8,14H,2-7H2,1H3. The van der Waals surface area contributed by atoms with E-state index in [0.29, 0.717) is 16.5 Å². The molecule has 1 heterocycles. The molecule has 0 amide bonds. The molecule has 0 radical (unpaired) electrons. The van der Waals surface area contributed by atoms with Crippen LogP contribution in [0.2, 0.25) is 10.4 Å². The summed E-state index contributed by atoms with van der Waals surface area (Å²) in [7, 11) is 1.89. The monoisotopic (exact) mass is 261 g/mol. The largest absolute Gasteiger partial charge is 0.319 e. The minimum absolute atomic E-state index is 0.449. The zero-order valence-corrected chi connectivity index (χ0v) is 11.0. The minimum atomic E-state index is 0.449. The first-order valence-corrected chi connectivity index (χ1v) is 6.54. The molecule has 0 unspecified atom stereocenters. The molecule has 0 aliphatic heterocycles. The summed E-state index contributed by atoms with van der Waals surface area (Å²) in [6.07, 6.45) is 6.57. The topological polar surface area (TPSA) is 29.9 Å². The van der Waals surface area contributed by atoms with E-state index in [1.165, 1.54) is 32.1 Å². The zero-order valence-electron chi connectivity index (χ0n) is 9.47. The number of rotatable bonds is 3. The van der Waals surface area contributed by atoms with E-state index in [9.17, 15) is 0 Å². The second kappa shape index (κ2) is 5.39. The van der Waals surface area contributed by atoms with Crippen LogP contribution in [-0.4, -0.2) is 15.6 Å². The normalized spacial score (nSPS) is 17.9. The Morgan fingerprint density at radius 3 is 2.56 bits per heavy atom. The summed E-state index contributed by atoms with van der Waals surface area (Å²) in [5.74, 6) is 0. The second-order valence-corrected chi connectivity index (χ2v) is 5.09. The van der Waals surface area contributed by atoms with E-state index in [1.54, 1.807) is 0 Å². The van der Waals surface area contributed by atoms with Crippen molar-refractivity contribution in [3.8, 4) is 0 Å². The number of halogens is 2. The number of nitrogens with zero attached hydrogens (tertiary/aromatic N) is 2. The van der Waals surface area contributed by atoms with Crippen molar-refractivity contribution < 1.29 is 0 Å². The summed E-state index contributed by atoms with van der Waals surface area (Å²) in [4.78, 5) is 4.03. The summed E-state index contributed by atoms with van der Waals surface area (Å²) < 4.78 is 1.83. The van der Waals surface area contributed by atoms with Gasteiger partial charge in [-0.05, 0) is 24.4 Å². The predicted octanol–water partition coefficient (Wildman–Crippen LogP) is 3.15. The first kappa shape index (κ1) is 12.2. The van der Waals surface area contributed by atoms with Crippen LogP contribution in [0.25, 0.3) is 0 Å². The fourth-order valence-electron chi connectivity index (χ4n) is 2.21. The maximum Gasteiger partial charge on any atom is 0.204 e. The average Bonchev–Trinajstić information content (AvgIpc) is 2.53. The van der Waals surface area contributed by atoms with Gasteiger partial charge in [-0.1, -0.05) is 30.9 Å². The van der Waals surface area contributed by atoms with Crippen molar-refractivity contribution in [3.63, 3.8) is 0 Å². The van der Waals surface area contributed by atoms with Crippen LogP contribution >= 0.6 is 23.2 Å². The smallest absolute Gasteiger partial charge is 0.204 e. The van der Waals surface area contributed by atoms with E-state index in [1.807, 2.05) is 11.6 Å². The van der Waals surface area contributed by atoms with Crippen molar-refractivity contribution in [1.82, 2.24) is 14.9 Å². The summed E-state index contributed by atoms with van der Waals surface area (Å²) in [5.41, 5.74) is 0.970. The Morgan fingerprint density at radius 1 is 1.31 bits per heavy atom. The Hall–Kier alpha value is -0.250. The van der Waals surface area contributed by atoms with E-state index >= 15 is 0 Å². The SMILES string of the molecule is Cn1c(Cl)nc(Cl)c1CNC1CCCCC1. The van der Waals surface area contributed by atoms with Crippen molar-refractivity contribution in [1.29, 1.82) is 0 Å². The van der Waals surface area contributed by atoms with Crippen LogP contribution in [0.4, 0.5) is 0 Å². The molecule has 0 bridgehead atoms. The van der Waals surface area contributed by atoms with Gasteiger partial charge in [0.25, 0.3) is 0 Å². The van der Waals surface area contributed by atoms with Gasteiger partial charge in [0, 0.05) is 19.6 Å². The van der Waals surface area contributed by atoms with Crippen molar-refractivity contribution in [2.45, 2.75) is 44.7 Å². The summed E-state index contributed by atoms with van der Waals surface area (Å²) in [6, 6.07) is 0.624. The van der Waals surface area contributed by atoms with Crippen LogP contribution in [0.1, 0.15) is 37.8 Å². The third-order valence-electron chi connectivity index (χ3n) is 3.27. The molecule has 1 fully saturated rings. The fourth-order valence-corrected chi connectivity index (χ4v) is 2.71. The molecule has 1 aliphatic carbocycles. The molecule has 1 aromatic heterocycles. The second-order valence-electron chi connectivity index (χ2n) is 4.39. The van der Waals surface area contributed by atoms with Gasteiger partial charge in [0.15, 0.2) is 5.15 Å². The number of hydrogen-bond donors (Lipinski definition) is 1. The Labute approximate surface area is 106 Å². The maximum atomic E-state index is 6.01. The van der Waals surface area contributed by atoms with Gasteiger partial charge >= 0.3 is 0 Å². The van der Waals surface area contributed by atoms with E-state index in [2.05, 4.69) is 10.3 Å². The van der Waals surface area contributed by atoms with Gasteiger partial charge in [-0.2, -0.15) is 0 Å². The van der Waals surface area contributed by atoms with Gasteiger partial charge in [-0.25, -0.2) is 4.98 Å². The Balaban J connectivity index is 1.93. The summed E-state index contributed by atoms with van der Waals surface area (Å²) in [5, 5.41) is 4.49. The van der Waals surface area contributed by atoms with Gasteiger partial charge in [0.1, 0.15) is 0 Å². The highest BCUT2D eigenvalue weighted by Crippen LogP contribution is 2.21. The molecule has 5 heteroatoms.